The molecule has 2 heterocycles. The summed E-state index contributed by atoms with van der Waals surface area (Å²) in [5, 5.41) is 6.06. The SMILES string of the molecule is O=C(Cc1csc2ccccc12)Nc1cccnc1. The van der Waals surface area contributed by atoms with Gasteiger partial charge in [-0.2, -0.15) is 0 Å². The van der Waals surface area contributed by atoms with Gasteiger partial charge in [-0.1, -0.05) is 18.2 Å². The largest absolute Gasteiger partial charge is 0.324 e. The minimum atomic E-state index is -0.0171. The Hall–Kier alpha value is -2.20. The van der Waals surface area contributed by atoms with Gasteiger partial charge in [0.2, 0.25) is 5.91 Å². The highest BCUT2D eigenvalue weighted by molar-refractivity contribution is 7.17. The lowest BCUT2D eigenvalue weighted by Crippen LogP contribution is -2.14. The van der Waals surface area contributed by atoms with Crippen molar-refractivity contribution in [2.75, 3.05) is 5.32 Å². The molecule has 3 nitrogen and oxygen atoms in total. The molecule has 0 bridgehead atoms. The first-order valence-corrected chi connectivity index (χ1v) is 6.86. The molecular weight excluding hydrogens is 256 g/mol. The number of pyridine rings is 1. The van der Waals surface area contributed by atoms with Crippen LogP contribution in [0.2, 0.25) is 0 Å². The predicted molar refractivity (Wildman–Crippen MR) is 78.4 cm³/mol. The molecule has 0 unspecified atom stereocenters. The van der Waals surface area contributed by atoms with Crippen molar-refractivity contribution in [2.24, 2.45) is 0 Å². The van der Waals surface area contributed by atoms with Crippen LogP contribution in [-0.2, 0) is 11.2 Å². The molecule has 1 aromatic carbocycles. The zero-order chi connectivity index (χ0) is 13.1. The number of carbonyl (C=O) groups excluding carboxylic acids is 1. The Bertz CT molecular complexity index is 706. The molecule has 0 spiro atoms. The van der Waals surface area contributed by atoms with Crippen molar-refractivity contribution in [2.45, 2.75) is 6.42 Å². The lowest BCUT2D eigenvalue weighted by molar-refractivity contribution is -0.115. The third kappa shape index (κ3) is 2.63. The summed E-state index contributed by atoms with van der Waals surface area (Å²) in [7, 11) is 0. The summed E-state index contributed by atoms with van der Waals surface area (Å²) in [4.78, 5) is 16.0. The molecule has 4 heteroatoms. The highest BCUT2D eigenvalue weighted by Crippen LogP contribution is 2.26. The van der Waals surface area contributed by atoms with E-state index in [1.165, 1.54) is 4.70 Å². The molecule has 0 atom stereocenters. The Morgan fingerprint density at radius 1 is 1.21 bits per heavy atom. The molecule has 0 aliphatic carbocycles. The number of benzene rings is 1. The number of fused-ring (bicyclic) bond motifs is 1. The summed E-state index contributed by atoms with van der Waals surface area (Å²) >= 11 is 1.67. The van der Waals surface area contributed by atoms with Crippen molar-refractivity contribution in [3.05, 3.63) is 59.7 Å². The van der Waals surface area contributed by atoms with Gasteiger partial charge >= 0.3 is 0 Å². The maximum atomic E-state index is 12.0. The number of rotatable bonds is 3. The molecule has 0 fully saturated rings. The van der Waals surface area contributed by atoms with Gasteiger partial charge in [0.15, 0.2) is 0 Å². The quantitative estimate of drug-likeness (QED) is 0.790. The number of hydrogen-bond acceptors (Lipinski definition) is 3. The highest BCUT2D eigenvalue weighted by atomic mass is 32.1. The Balaban J connectivity index is 1.76. The zero-order valence-electron chi connectivity index (χ0n) is 10.2. The van der Waals surface area contributed by atoms with Gasteiger partial charge in [-0.3, -0.25) is 9.78 Å². The van der Waals surface area contributed by atoms with Crippen molar-refractivity contribution in [3.63, 3.8) is 0 Å². The maximum Gasteiger partial charge on any atom is 0.228 e. The van der Waals surface area contributed by atoms with E-state index in [2.05, 4.69) is 22.4 Å². The van der Waals surface area contributed by atoms with Gasteiger partial charge in [-0.15, -0.1) is 11.3 Å². The van der Waals surface area contributed by atoms with Gasteiger partial charge < -0.3 is 5.32 Å². The molecule has 0 saturated heterocycles. The van der Waals surface area contributed by atoms with Crippen LogP contribution in [0.15, 0.2) is 54.2 Å². The van der Waals surface area contributed by atoms with Crippen LogP contribution >= 0.6 is 11.3 Å². The normalized spacial score (nSPS) is 10.5. The van der Waals surface area contributed by atoms with Crippen LogP contribution in [-0.4, -0.2) is 10.9 Å². The summed E-state index contributed by atoms with van der Waals surface area (Å²) < 4.78 is 1.21. The Kier molecular flexibility index (Phi) is 3.25. The standard InChI is InChI=1S/C15H12N2OS/c18-15(17-12-4-3-7-16-9-12)8-11-10-19-14-6-2-1-5-13(11)14/h1-7,9-10H,8H2,(H,17,18). The Morgan fingerprint density at radius 2 is 2.11 bits per heavy atom. The molecule has 0 radical (unpaired) electrons. The number of amides is 1. The molecule has 2 aromatic heterocycles. The van der Waals surface area contributed by atoms with E-state index in [0.717, 1.165) is 16.6 Å². The van der Waals surface area contributed by atoms with Crippen molar-refractivity contribution >= 4 is 33.0 Å². The first kappa shape index (κ1) is 11.9. The van der Waals surface area contributed by atoms with Crippen molar-refractivity contribution in [3.8, 4) is 0 Å². The molecule has 3 rings (SSSR count). The van der Waals surface area contributed by atoms with Gasteiger partial charge in [0.1, 0.15) is 0 Å². The van der Waals surface area contributed by atoms with Gasteiger partial charge in [-0.25, -0.2) is 0 Å². The summed E-state index contributed by atoms with van der Waals surface area (Å²) in [6.45, 7) is 0. The second kappa shape index (κ2) is 5.20. The fraction of sp³-hybridized carbons (Fsp3) is 0.0667. The maximum absolute atomic E-state index is 12.0. The molecule has 3 aromatic rings. The van der Waals surface area contributed by atoms with E-state index in [0.29, 0.717) is 6.42 Å². The Morgan fingerprint density at radius 3 is 2.95 bits per heavy atom. The average molecular weight is 268 g/mol. The Labute approximate surface area is 114 Å². The number of hydrogen-bond donors (Lipinski definition) is 1. The van der Waals surface area contributed by atoms with E-state index in [1.807, 2.05) is 23.6 Å². The van der Waals surface area contributed by atoms with Gasteiger partial charge in [0.25, 0.3) is 0 Å². The molecule has 94 valence electrons. The topological polar surface area (TPSA) is 42.0 Å². The van der Waals surface area contributed by atoms with Gasteiger partial charge in [-0.05, 0) is 34.5 Å². The number of anilines is 1. The molecule has 0 saturated carbocycles. The lowest BCUT2D eigenvalue weighted by atomic mass is 10.1. The fourth-order valence-electron chi connectivity index (χ4n) is 1.98. The first-order chi connectivity index (χ1) is 9.33. The zero-order valence-corrected chi connectivity index (χ0v) is 11.0. The second-order valence-electron chi connectivity index (χ2n) is 4.22. The van der Waals surface area contributed by atoms with E-state index in [1.54, 1.807) is 29.8 Å². The van der Waals surface area contributed by atoms with Crippen molar-refractivity contribution < 1.29 is 4.79 Å². The number of nitrogens with zero attached hydrogens (tertiary/aromatic N) is 1. The molecular formula is C15H12N2OS. The molecule has 1 amide bonds. The number of aromatic nitrogens is 1. The van der Waals surface area contributed by atoms with Crippen LogP contribution in [0, 0.1) is 0 Å². The van der Waals surface area contributed by atoms with E-state index < -0.39 is 0 Å². The van der Waals surface area contributed by atoms with Crippen molar-refractivity contribution in [1.29, 1.82) is 0 Å². The molecule has 1 N–H and O–H groups in total. The smallest absolute Gasteiger partial charge is 0.228 e. The third-order valence-electron chi connectivity index (χ3n) is 2.86. The van der Waals surface area contributed by atoms with E-state index in [9.17, 15) is 4.79 Å². The number of thiophene rings is 1. The molecule has 0 aliphatic heterocycles. The third-order valence-corrected chi connectivity index (χ3v) is 3.87. The lowest BCUT2D eigenvalue weighted by Gasteiger charge is -2.03. The number of carbonyl (C=O) groups is 1. The molecule has 19 heavy (non-hydrogen) atoms. The van der Waals surface area contributed by atoms with Crippen molar-refractivity contribution in [1.82, 2.24) is 4.98 Å². The minimum absolute atomic E-state index is 0.0171. The van der Waals surface area contributed by atoms with Crippen LogP contribution in [0.1, 0.15) is 5.56 Å². The van der Waals surface area contributed by atoms with Crippen LogP contribution in [0.5, 0.6) is 0 Å². The summed E-state index contributed by atoms with van der Waals surface area (Å²) in [6, 6.07) is 11.8. The van der Waals surface area contributed by atoms with E-state index in [4.69, 9.17) is 0 Å². The van der Waals surface area contributed by atoms with Gasteiger partial charge in [0, 0.05) is 10.9 Å². The van der Waals surface area contributed by atoms with E-state index >= 15 is 0 Å². The fourth-order valence-corrected chi connectivity index (χ4v) is 2.95. The van der Waals surface area contributed by atoms with Gasteiger partial charge in [0.05, 0.1) is 18.3 Å². The van der Waals surface area contributed by atoms with Crippen LogP contribution in [0.4, 0.5) is 5.69 Å². The van der Waals surface area contributed by atoms with E-state index in [-0.39, 0.29) is 5.91 Å². The van der Waals surface area contributed by atoms with Crippen LogP contribution < -0.4 is 5.32 Å². The predicted octanol–water partition coefficient (Wildman–Crippen LogP) is 3.48. The molecule has 0 aliphatic rings. The summed E-state index contributed by atoms with van der Waals surface area (Å²) in [5.41, 5.74) is 1.80. The average Bonchev–Trinajstić information content (AvgIpc) is 2.83. The first-order valence-electron chi connectivity index (χ1n) is 5.98. The van der Waals surface area contributed by atoms with Crippen LogP contribution in [0.3, 0.4) is 0 Å². The number of nitrogens with one attached hydrogen (secondary N) is 1. The monoisotopic (exact) mass is 268 g/mol. The van der Waals surface area contributed by atoms with Crippen LogP contribution in [0.25, 0.3) is 10.1 Å². The highest BCUT2D eigenvalue weighted by Gasteiger charge is 2.08. The summed E-state index contributed by atoms with van der Waals surface area (Å²) in [6.07, 6.45) is 3.71. The summed E-state index contributed by atoms with van der Waals surface area (Å²) in [5.74, 6) is -0.0171. The second-order valence-corrected chi connectivity index (χ2v) is 5.13. The minimum Gasteiger partial charge on any atom is -0.324 e.